The van der Waals surface area contributed by atoms with Crippen LogP contribution in [0.1, 0.15) is 13.8 Å². The number of hydrogen-bond donors (Lipinski definition) is 1. The van der Waals surface area contributed by atoms with E-state index in [9.17, 15) is 0 Å². The minimum absolute atomic E-state index is 0.627. The number of aromatic nitrogens is 3. The van der Waals surface area contributed by atoms with Gasteiger partial charge in [-0.15, -0.1) is 10.2 Å². The van der Waals surface area contributed by atoms with Gasteiger partial charge in [0, 0.05) is 6.54 Å². The average Bonchev–Trinajstić information content (AvgIpc) is 2.62. The lowest BCUT2D eigenvalue weighted by atomic mass is 10.2. The van der Waals surface area contributed by atoms with Gasteiger partial charge in [-0.05, 0) is 18.1 Å². The van der Waals surface area contributed by atoms with Crippen molar-refractivity contribution in [3.8, 4) is 0 Å². The van der Waals surface area contributed by atoms with E-state index in [0.717, 1.165) is 18.0 Å². The molecule has 1 N–H and O–H groups in total. The zero-order chi connectivity index (χ0) is 9.97. The maximum Gasteiger partial charge on any atom is 0.162 e. The van der Waals surface area contributed by atoms with Crippen molar-refractivity contribution in [3.63, 3.8) is 0 Å². The first-order valence-corrected chi connectivity index (χ1v) is 4.80. The fourth-order valence-corrected chi connectivity index (χ4v) is 1.30. The summed E-state index contributed by atoms with van der Waals surface area (Å²) >= 11 is 0. The predicted molar refractivity (Wildman–Crippen MR) is 56.3 cm³/mol. The van der Waals surface area contributed by atoms with Crippen LogP contribution in [0.15, 0.2) is 24.5 Å². The van der Waals surface area contributed by atoms with E-state index < -0.39 is 0 Å². The molecule has 0 aliphatic heterocycles. The first-order chi connectivity index (χ1) is 6.77. The monoisotopic (exact) mass is 190 g/mol. The van der Waals surface area contributed by atoms with Crippen molar-refractivity contribution in [1.29, 1.82) is 0 Å². The Kier molecular flexibility index (Phi) is 2.35. The minimum atomic E-state index is 0.627. The Morgan fingerprint density at radius 2 is 2.29 bits per heavy atom. The van der Waals surface area contributed by atoms with Gasteiger partial charge in [-0.25, -0.2) is 0 Å². The highest BCUT2D eigenvalue weighted by atomic mass is 15.2. The van der Waals surface area contributed by atoms with E-state index in [-0.39, 0.29) is 0 Å². The highest BCUT2D eigenvalue weighted by molar-refractivity contribution is 5.48. The van der Waals surface area contributed by atoms with E-state index in [0.29, 0.717) is 5.92 Å². The van der Waals surface area contributed by atoms with Crippen molar-refractivity contribution in [2.24, 2.45) is 5.92 Å². The summed E-state index contributed by atoms with van der Waals surface area (Å²) in [6, 6.07) is 5.94. The normalized spacial score (nSPS) is 11.1. The van der Waals surface area contributed by atoms with E-state index in [4.69, 9.17) is 0 Å². The van der Waals surface area contributed by atoms with Crippen molar-refractivity contribution >= 4 is 11.5 Å². The second kappa shape index (κ2) is 3.65. The Hall–Kier alpha value is -1.58. The molecular formula is C10H14N4. The van der Waals surface area contributed by atoms with Gasteiger partial charge in [0.1, 0.15) is 12.1 Å². The Labute approximate surface area is 83.0 Å². The van der Waals surface area contributed by atoms with E-state index >= 15 is 0 Å². The maximum absolute atomic E-state index is 3.98. The molecule has 0 aromatic carbocycles. The highest BCUT2D eigenvalue weighted by Crippen LogP contribution is 2.10. The number of fused-ring (bicyclic) bond motifs is 1. The standard InChI is InChI=1S/C10H14N4/c1-8(2)6-11-9-4-3-5-10-13-12-7-14(9)10/h3-5,7-8,11H,6H2,1-2H3. The van der Waals surface area contributed by atoms with Gasteiger partial charge in [0.25, 0.3) is 0 Å². The lowest BCUT2D eigenvalue weighted by Gasteiger charge is -2.09. The highest BCUT2D eigenvalue weighted by Gasteiger charge is 2.00. The smallest absolute Gasteiger partial charge is 0.162 e. The van der Waals surface area contributed by atoms with Gasteiger partial charge in [0.2, 0.25) is 0 Å². The van der Waals surface area contributed by atoms with Crippen LogP contribution in [0.3, 0.4) is 0 Å². The third-order valence-corrected chi connectivity index (χ3v) is 2.02. The number of pyridine rings is 1. The predicted octanol–water partition coefficient (Wildman–Crippen LogP) is 1.80. The van der Waals surface area contributed by atoms with E-state index in [1.807, 2.05) is 22.6 Å². The Bertz CT molecular complexity index is 419. The summed E-state index contributed by atoms with van der Waals surface area (Å²) in [5.74, 6) is 1.67. The molecule has 4 nitrogen and oxygen atoms in total. The van der Waals surface area contributed by atoms with Crippen LogP contribution in [-0.4, -0.2) is 21.1 Å². The van der Waals surface area contributed by atoms with Crippen molar-refractivity contribution in [2.75, 3.05) is 11.9 Å². The average molecular weight is 190 g/mol. The molecule has 2 aromatic rings. The number of anilines is 1. The van der Waals surface area contributed by atoms with Crippen LogP contribution in [0.25, 0.3) is 5.65 Å². The van der Waals surface area contributed by atoms with Crippen LogP contribution >= 0.6 is 0 Å². The zero-order valence-electron chi connectivity index (χ0n) is 8.44. The molecule has 0 saturated carbocycles. The van der Waals surface area contributed by atoms with E-state index in [2.05, 4.69) is 29.4 Å². The number of rotatable bonds is 3. The molecule has 0 amide bonds. The molecule has 14 heavy (non-hydrogen) atoms. The van der Waals surface area contributed by atoms with Crippen LogP contribution in [0.4, 0.5) is 5.82 Å². The van der Waals surface area contributed by atoms with Crippen LogP contribution in [0.5, 0.6) is 0 Å². The molecule has 0 atom stereocenters. The first-order valence-electron chi connectivity index (χ1n) is 4.80. The number of hydrogen-bond acceptors (Lipinski definition) is 3. The fourth-order valence-electron chi connectivity index (χ4n) is 1.30. The summed E-state index contributed by atoms with van der Waals surface area (Å²) in [4.78, 5) is 0. The zero-order valence-corrected chi connectivity index (χ0v) is 8.44. The molecule has 0 saturated heterocycles. The second-order valence-corrected chi connectivity index (χ2v) is 3.74. The quantitative estimate of drug-likeness (QED) is 0.802. The molecule has 0 spiro atoms. The molecule has 2 rings (SSSR count). The summed E-state index contributed by atoms with van der Waals surface area (Å²) in [6.07, 6.45) is 1.72. The third kappa shape index (κ3) is 1.69. The molecule has 4 heteroatoms. The van der Waals surface area contributed by atoms with Gasteiger partial charge in [0.15, 0.2) is 5.65 Å². The molecular weight excluding hydrogens is 176 g/mol. The lowest BCUT2D eigenvalue weighted by Crippen LogP contribution is -2.10. The Morgan fingerprint density at radius 3 is 3.07 bits per heavy atom. The number of nitrogens with one attached hydrogen (secondary N) is 1. The molecule has 0 bridgehead atoms. The molecule has 0 fully saturated rings. The SMILES string of the molecule is CC(C)CNc1cccc2nncn12. The van der Waals surface area contributed by atoms with Crippen molar-refractivity contribution in [2.45, 2.75) is 13.8 Å². The van der Waals surface area contributed by atoms with Gasteiger partial charge in [0.05, 0.1) is 0 Å². The first kappa shape index (κ1) is 8.99. The summed E-state index contributed by atoms with van der Waals surface area (Å²) in [5, 5.41) is 11.2. The Balaban J connectivity index is 2.27. The van der Waals surface area contributed by atoms with E-state index in [1.165, 1.54) is 0 Å². The molecule has 0 radical (unpaired) electrons. The summed E-state index contributed by atoms with van der Waals surface area (Å²) < 4.78 is 1.95. The van der Waals surface area contributed by atoms with Gasteiger partial charge in [-0.3, -0.25) is 4.40 Å². The molecule has 2 heterocycles. The van der Waals surface area contributed by atoms with Crippen molar-refractivity contribution in [3.05, 3.63) is 24.5 Å². The third-order valence-electron chi connectivity index (χ3n) is 2.02. The molecule has 74 valence electrons. The molecule has 0 unspecified atom stereocenters. The summed E-state index contributed by atoms with van der Waals surface area (Å²) in [7, 11) is 0. The molecule has 0 aliphatic carbocycles. The van der Waals surface area contributed by atoms with Crippen molar-refractivity contribution < 1.29 is 0 Å². The van der Waals surface area contributed by atoms with Crippen molar-refractivity contribution in [1.82, 2.24) is 14.6 Å². The van der Waals surface area contributed by atoms with E-state index in [1.54, 1.807) is 6.33 Å². The van der Waals surface area contributed by atoms with Crippen LogP contribution in [-0.2, 0) is 0 Å². The molecule has 0 aliphatic rings. The lowest BCUT2D eigenvalue weighted by molar-refractivity contribution is 0.686. The summed E-state index contributed by atoms with van der Waals surface area (Å²) in [5.41, 5.74) is 0.874. The van der Waals surface area contributed by atoms with Gasteiger partial charge >= 0.3 is 0 Å². The fraction of sp³-hybridized carbons (Fsp3) is 0.400. The second-order valence-electron chi connectivity index (χ2n) is 3.74. The van der Waals surface area contributed by atoms with Crippen LogP contribution < -0.4 is 5.32 Å². The van der Waals surface area contributed by atoms with Gasteiger partial charge in [-0.1, -0.05) is 19.9 Å². The van der Waals surface area contributed by atoms with Crippen LogP contribution in [0.2, 0.25) is 0 Å². The topological polar surface area (TPSA) is 42.2 Å². The van der Waals surface area contributed by atoms with Crippen LogP contribution in [0, 0.1) is 5.92 Å². The molecule has 2 aromatic heterocycles. The number of nitrogens with zero attached hydrogens (tertiary/aromatic N) is 3. The summed E-state index contributed by atoms with van der Waals surface area (Å²) in [6.45, 7) is 5.32. The Morgan fingerprint density at radius 1 is 1.43 bits per heavy atom. The minimum Gasteiger partial charge on any atom is -0.371 e. The van der Waals surface area contributed by atoms with Gasteiger partial charge < -0.3 is 5.32 Å². The van der Waals surface area contributed by atoms with Gasteiger partial charge in [-0.2, -0.15) is 0 Å². The largest absolute Gasteiger partial charge is 0.371 e. The maximum atomic E-state index is 3.98.